The van der Waals surface area contributed by atoms with Crippen LogP contribution in [0.5, 0.6) is 0 Å². The van der Waals surface area contributed by atoms with Gasteiger partial charge in [0.1, 0.15) is 0 Å². The average Bonchev–Trinajstić information content (AvgIpc) is 2.76. The molecule has 29 heavy (non-hydrogen) atoms. The Bertz CT molecular complexity index is 641. The van der Waals surface area contributed by atoms with Gasteiger partial charge in [0.15, 0.2) is 0 Å². The van der Waals surface area contributed by atoms with E-state index in [9.17, 15) is 9.59 Å². The molecule has 2 heterocycles. The summed E-state index contributed by atoms with van der Waals surface area (Å²) in [5.41, 5.74) is 1.35. The number of amides is 2. The second-order valence-corrected chi connectivity index (χ2v) is 8.76. The van der Waals surface area contributed by atoms with E-state index in [0.717, 1.165) is 77.8 Å². The number of carbonyl (C=O) groups is 2. The van der Waals surface area contributed by atoms with Crippen LogP contribution in [0.4, 0.5) is 0 Å². The van der Waals surface area contributed by atoms with Gasteiger partial charge in [-0.3, -0.25) is 9.59 Å². The van der Waals surface area contributed by atoms with Crippen LogP contribution < -0.4 is 0 Å². The summed E-state index contributed by atoms with van der Waals surface area (Å²) in [6.45, 7) is 5.39. The van der Waals surface area contributed by atoms with Gasteiger partial charge in [0.05, 0.1) is 0 Å². The van der Waals surface area contributed by atoms with Crippen LogP contribution in [0.3, 0.4) is 0 Å². The third-order valence-corrected chi connectivity index (χ3v) is 6.44. The molecule has 0 radical (unpaired) electrons. The van der Waals surface area contributed by atoms with Crippen LogP contribution in [0, 0.1) is 5.92 Å². The number of piperidine rings is 1. The van der Waals surface area contributed by atoms with Crippen molar-refractivity contribution in [3.05, 3.63) is 35.9 Å². The van der Waals surface area contributed by atoms with E-state index < -0.39 is 0 Å². The highest BCUT2D eigenvalue weighted by molar-refractivity contribution is 5.77. The molecule has 2 aliphatic heterocycles. The van der Waals surface area contributed by atoms with Crippen LogP contribution in [-0.4, -0.2) is 72.8 Å². The molecule has 2 aliphatic rings. The van der Waals surface area contributed by atoms with Crippen molar-refractivity contribution in [1.82, 2.24) is 14.7 Å². The lowest BCUT2D eigenvalue weighted by Crippen LogP contribution is -2.47. The Morgan fingerprint density at radius 1 is 0.897 bits per heavy atom. The Kier molecular flexibility index (Phi) is 8.53. The average molecular weight is 400 g/mol. The molecule has 0 unspecified atom stereocenters. The van der Waals surface area contributed by atoms with Crippen LogP contribution in [0.25, 0.3) is 0 Å². The summed E-state index contributed by atoms with van der Waals surface area (Å²) in [5.74, 6) is 1.07. The topological polar surface area (TPSA) is 43.9 Å². The first-order chi connectivity index (χ1) is 14.1. The maximum Gasteiger partial charge on any atom is 0.222 e. The summed E-state index contributed by atoms with van der Waals surface area (Å²) in [7, 11) is 2.11. The number of likely N-dealkylation sites (N-methyl/N-ethyl adjacent to an activating group) is 1. The Labute approximate surface area is 176 Å². The molecule has 1 aromatic carbocycles. The van der Waals surface area contributed by atoms with E-state index in [4.69, 9.17) is 0 Å². The fraction of sp³-hybridized carbons (Fsp3) is 0.667. The first-order valence-electron chi connectivity index (χ1n) is 11.4. The monoisotopic (exact) mass is 399 g/mol. The lowest BCUT2D eigenvalue weighted by molar-refractivity contribution is -0.133. The maximum atomic E-state index is 12.6. The van der Waals surface area contributed by atoms with E-state index in [1.165, 1.54) is 5.56 Å². The summed E-state index contributed by atoms with van der Waals surface area (Å²) in [5, 5.41) is 0. The number of piperazine rings is 1. The number of rotatable bonds is 8. The van der Waals surface area contributed by atoms with E-state index in [0.29, 0.717) is 30.6 Å². The third kappa shape index (κ3) is 7.14. The molecule has 5 heteroatoms. The second kappa shape index (κ2) is 11.3. The Morgan fingerprint density at radius 2 is 1.62 bits per heavy atom. The number of likely N-dealkylation sites (tertiary alicyclic amines) is 1. The summed E-state index contributed by atoms with van der Waals surface area (Å²) < 4.78 is 0. The lowest BCUT2D eigenvalue weighted by atomic mass is 9.92. The molecule has 0 spiro atoms. The highest BCUT2D eigenvalue weighted by Crippen LogP contribution is 2.22. The quantitative estimate of drug-likeness (QED) is 0.631. The molecule has 2 amide bonds. The first-order valence-corrected chi connectivity index (χ1v) is 11.4. The molecular formula is C24H37N3O2. The number of carbonyl (C=O) groups excluding carboxylic acids is 2. The molecule has 0 aliphatic carbocycles. The van der Waals surface area contributed by atoms with Gasteiger partial charge in [0.2, 0.25) is 11.8 Å². The molecule has 2 fully saturated rings. The normalized spacial score (nSPS) is 20.7. The number of aryl methyl sites for hydroxylation is 1. The number of hydrogen-bond acceptors (Lipinski definition) is 3. The summed E-state index contributed by atoms with van der Waals surface area (Å²) in [6, 6.07) is 10.5. The fourth-order valence-corrected chi connectivity index (χ4v) is 4.48. The van der Waals surface area contributed by atoms with Crippen LogP contribution in [-0.2, 0) is 16.0 Å². The van der Waals surface area contributed by atoms with Crippen molar-refractivity contribution in [3.8, 4) is 0 Å². The van der Waals surface area contributed by atoms with Gasteiger partial charge in [0, 0.05) is 52.1 Å². The predicted molar refractivity (Wildman–Crippen MR) is 117 cm³/mol. The van der Waals surface area contributed by atoms with E-state index in [1.54, 1.807) is 0 Å². The zero-order valence-electron chi connectivity index (χ0n) is 18.0. The van der Waals surface area contributed by atoms with Crippen molar-refractivity contribution in [2.45, 2.75) is 51.4 Å². The smallest absolute Gasteiger partial charge is 0.222 e. The van der Waals surface area contributed by atoms with Crippen LogP contribution in [0.15, 0.2) is 30.3 Å². The first kappa shape index (κ1) is 21.8. The second-order valence-electron chi connectivity index (χ2n) is 8.76. The van der Waals surface area contributed by atoms with E-state index in [-0.39, 0.29) is 0 Å². The van der Waals surface area contributed by atoms with Gasteiger partial charge in [-0.25, -0.2) is 0 Å². The van der Waals surface area contributed by atoms with Crippen LogP contribution in [0.1, 0.15) is 50.5 Å². The van der Waals surface area contributed by atoms with E-state index in [1.807, 2.05) is 11.0 Å². The molecule has 0 aromatic heterocycles. The van der Waals surface area contributed by atoms with Crippen molar-refractivity contribution in [3.63, 3.8) is 0 Å². The Morgan fingerprint density at radius 3 is 2.38 bits per heavy atom. The van der Waals surface area contributed by atoms with Gasteiger partial charge in [0.25, 0.3) is 0 Å². The van der Waals surface area contributed by atoms with Gasteiger partial charge in [-0.05, 0) is 57.1 Å². The Balaban J connectivity index is 1.32. The summed E-state index contributed by atoms with van der Waals surface area (Å²) >= 11 is 0. The molecule has 160 valence electrons. The van der Waals surface area contributed by atoms with Crippen molar-refractivity contribution in [2.24, 2.45) is 5.92 Å². The molecule has 0 N–H and O–H groups in total. The molecular weight excluding hydrogens is 362 g/mol. The molecule has 2 saturated heterocycles. The number of hydrogen-bond donors (Lipinski definition) is 0. The van der Waals surface area contributed by atoms with Crippen molar-refractivity contribution in [1.29, 1.82) is 0 Å². The molecule has 0 bridgehead atoms. The SMILES string of the molecule is CN1CCN(C(=O)CC[C@H]2CCCN(C(=O)CCCCc3ccccc3)C2)CC1. The van der Waals surface area contributed by atoms with Crippen molar-refractivity contribution in [2.75, 3.05) is 46.3 Å². The Hall–Kier alpha value is -1.88. The summed E-state index contributed by atoms with van der Waals surface area (Å²) in [4.78, 5) is 31.4. The van der Waals surface area contributed by atoms with Crippen LogP contribution >= 0.6 is 0 Å². The molecule has 3 rings (SSSR count). The van der Waals surface area contributed by atoms with Crippen molar-refractivity contribution >= 4 is 11.8 Å². The molecule has 5 nitrogen and oxygen atoms in total. The number of nitrogens with zero attached hydrogens (tertiary/aromatic N) is 3. The predicted octanol–water partition coefficient (Wildman–Crippen LogP) is 3.19. The minimum atomic E-state index is 0.294. The minimum Gasteiger partial charge on any atom is -0.342 e. The van der Waals surface area contributed by atoms with Gasteiger partial charge in [-0.15, -0.1) is 0 Å². The zero-order valence-corrected chi connectivity index (χ0v) is 18.0. The van der Waals surface area contributed by atoms with Gasteiger partial charge in [-0.1, -0.05) is 30.3 Å². The largest absolute Gasteiger partial charge is 0.342 e. The highest BCUT2D eigenvalue weighted by Gasteiger charge is 2.25. The lowest BCUT2D eigenvalue weighted by Gasteiger charge is -2.34. The maximum absolute atomic E-state index is 12.6. The van der Waals surface area contributed by atoms with Crippen molar-refractivity contribution < 1.29 is 9.59 Å². The molecule has 1 aromatic rings. The van der Waals surface area contributed by atoms with Crippen LogP contribution in [0.2, 0.25) is 0 Å². The number of unbranched alkanes of at least 4 members (excludes halogenated alkanes) is 1. The standard InChI is InChI=1S/C24H37N3O2/c1-25-16-18-26(19-17-25)24(29)14-13-22-11-7-15-27(20-22)23(28)12-6-5-10-21-8-3-2-4-9-21/h2-4,8-9,22H,5-7,10-20H2,1H3/t22-/m1/s1. The highest BCUT2D eigenvalue weighted by atomic mass is 16.2. The van der Waals surface area contributed by atoms with Gasteiger partial charge >= 0.3 is 0 Å². The fourth-order valence-electron chi connectivity index (χ4n) is 4.48. The van der Waals surface area contributed by atoms with Gasteiger partial charge in [-0.2, -0.15) is 0 Å². The molecule has 1 atom stereocenters. The minimum absolute atomic E-state index is 0.294. The number of benzene rings is 1. The van der Waals surface area contributed by atoms with E-state index >= 15 is 0 Å². The molecule has 0 saturated carbocycles. The van der Waals surface area contributed by atoms with E-state index in [2.05, 4.69) is 41.1 Å². The summed E-state index contributed by atoms with van der Waals surface area (Å²) in [6.07, 6.45) is 7.49. The van der Waals surface area contributed by atoms with Gasteiger partial charge < -0.3 is 14.7 Å². The third-order valence-electron chi connectivity index (χ3n) is 6.44. The zero-order chi connectivity index (χ0) is 20.5.